The number of carbonyl (C=O) groups is 1. The number of nitrogens with zero attached hydrogens (tertiary/aromatic N) is 1. The van der Waals surface area contributed by atoms with Crippen molar-refractivity contribution in [3.8, 4) is 17.2 Å². The Balaban J connectivity index is 1.49. The molecule has 1 spiro atoms. The first-order valence-electron chi connectivity index (χ1n) is 9.37. The molecular weight excluding hydrogens is 368 g/mol. The number of alkyl halides is 2. The summed E-state index contributed by atoms with van der Waals surface area (Å²) in [5, 5.41) is 0. The van der Waals surface area contributed by atoms with E-state index >= 15 is 0 Å². The second-order valence-electron chi connectivity index (χ2n) is 7.78. The molecule has 1 aliphatic carbocycles. The SMILES string of the molecule is O=C1N(CC2CC2(F)F)c2ccccc2C12COc1cc3c(cc12)OCCO3. The van der Waals surface area contributed by atoms with Crippen LogP contribution < -0.4 is 19.1 Å². The Bertz CT molecular complexity index is 1020. The lowest BCUT2D eigenvalue weighted by molar-refractivity contribution is -0.122. The third-order valence-electron chi connectivity index (χ3n) is 6.17. The van der Waals surface area contributed by atoms with Gasteiger partial charge in [-0.3, -0.25) is 4.79 Å². The molecule has 3 heterocycles. The average molecular weight is 385 g/mol. The van der Waals surface area contributed by atoms with Gasteiger partial charge in [0.15, 0.2) is 11.5 Å². The summed E-state index contributed by atoms with van der Waals surface area (Å²) in [5.41, 5.74) is 1.14. The summed E-state index contributed by atoms with van der Waals surface area (Å²) in [6, 6.07) is 10.9. The van der Waals surface area contributed by atoms with Gasteiger partial charge in [-0.2, -0.15) is 0 Å². The van der Waals surface area contributed by atoms with Gasteiger partial charge in [0.1, 0.15) is 31.0 Å². The third kappa shape index (κ3) is 1.96. The van der Waals surface area contributed by atoms with Gasteiger partial charge in [0.25, 0.3) is 5.92 Å². The van der Waals surface area contributed by atoms with E-state index in [1.54, 1.807) is 12.1 Å². The van der Waals surface area contributed by atoms with E-state index in [4.69, 9.17) is 14.2 Å². The Morgan fingerprint density at radius 3 is 2.46 bits per heavy atom. The minimum Gasteiger partial charge on any atom is -0.491 e. The molecule has 28 heavy (non-hydrogen) atoms. The van der Waals surface area contributed by atoms with Crippen LogP contribution in [-0.4, -0.2) is 38.2 Å². The Morgan fingerprint density at radius 2 is 1.71 bits per heavy atom. The second-order valence-corrected chi connectivity index (χ2v) is 7.78. The number of ether oxygens (including phenoxy) is 3. The third-order valence-corrected chi connectivity index (χ3v) is 6.17. The van der Waals surface area contributed by atoms with Crippen molar-refractivity contribution in [1.82, 2.24) is 0 Å². The zero-order chi connectivity index (χ0) is 19.1. The molecule has 1 saturated carbocycles. The topological polar surface area (TPSA) is 48.0 Å². The van der Waals surface area contributed by atoms with Gasteiger partial charge in [0.05, 0.1) is 0 Å². The molecule has 7 heteroatoms. The van der Waals surface area contributed by atoms with Crippen LogP contribution >= 0.6 is 0 Å². The lowest BCUT2D eigenvalue weighted by Crippen LogP contribution is -2.43. The van der Waals surface area contributed by atoms with Crippen LogP contribution in [-0.2, 0) is 10.2 Å². The number of fused-ring (bicyclic) bond motifs is 5. The Kier molecular flexibility index (Phi) is 2.97. The molecule has 4 aliphatic rings. The minimum atomic E-state index is -2.68. The predicted molar refractivity (Wildman–Crippen MR) is 95.6 cm³/mol. The molecular formula is C21H17F2NO4. The first kappa shape index (κ1) is 16.2. The van der Waals surface area contributed by atoms with Gasteiger partial charge in [-0.1, -0.05) is 18.2 Å². The van der Waals surface area contributed by atoms with Crippen molar-refractivity contribution in [3.63, 3.8) is 0 Å². The Morgan fingerprint density at radius 1 is 1.00 bits per heavy atom. The van der Waals surface area contributed by atoms with E-state index in [9.17, 15) is 13.6 Å². The average Bonchev–Trinajstić information content (AvgIpc) is 3.05. The molecule has 2 aromatic rings. The molecule has 2 aromatic carbocycles. The lowest BCUT2D eigenvalue weighted by Gasteiger charge is -2.24. The molecule has 5 nitrogen and oxygen atoms in total. The fourth-order valence-corrected chi connectivity index (χ4v) is 4.58. The first-order chi connectivity index (χ1) is 13.5. The van der Waals surface area contributed by atoms with Crippen LogP contribution in [0.3, 0.4) is 0 Å². The van der Waals surface area contributed by atoms with E-state index < -0.39 is 17.3 Å². The minimum absolute atomic E-state index is 0.0183. The van der Waals surface area contributed by atoms with Crippen LogP contribution in [0, 0.1) is 5.92 Å². The van der Waals surface area contributed by atoms with Crippen molar-refractivity contribution >= 4 is 11.6 Å². The van der Waals surface area contributed by atoms with E-state index in [-0.39, 0.29) is 25.5 Å². The number of rotatable bonds is 2. The molecule has 1 fully saturated rings. The van der Waals surface area contributed by atoms with E-state index in [1.807, 2.05) is 24.3 Å². The highest BCUT2D eigenvalue weighted by Crippen LogP contribution is 2.56. The van der Waals surface area contributed by atoms with E-state index in [0.717, 1.165) is 5.56 Å². The summed E-state index contributed by atoms with van der Waals surface area (Å²) >= 11 is 0. The number of benzene rings is 2. The molecule has 1 amide bonds. The van der Waals surface area contributed by atoms with Crippen molar-refractivity contribution in [1.29, 1.82) is 0 Å². The monoisotopic (exact) mass is 385 g/mol. The summed E-state index contributed by atoms with van der Waals surface area (Å²) in [7, 11) is 0. The van der Waals surface area contributed by atoms with Gasteiger partial charge in [-0.25, -0.2) is 8.78 Å². The zero-order valence-corrected chi connectivity index (χ0v) is 14.9. The highest BCUT2D eigenvalue weighted by molar-refractivity contribution is 6.11. The molecule has 0 radical (unpaired) electrons. The highest BCUT2D eigenvalue weighted by atomic mass is 19.3. The van der Waals surface area contributed by atoms with Gasteiger partial charge < -0.3 is 19.1 Å². The zero-order valence-electron chi connectivity index (χ0n) is 14.9. The number of hydrogen-bond donors (Lipinski definition) is 0. The van der Waals surface area contributed by atoms with Crippen LogP contribution in [0.5, 0.6) is 17.2 Å². The molecule has 6 rings (SSSR count). The fraction of sp³-hybridized carbons (Fsp3) is 0.381. The normalized spacial score (nSPS) is 28.1. The number of carbonyl (C=O) groups excluding carboxylic acids is 1. The standard InChI is InChI=1S/C21H17F2NO4/c22-21(23)9-12(21)10-24-15-4-2-1-3-13(15)20(19(24)25)11-28-16-8-18-17(7-14(16)20)26-5-6-27-18/h1-4,7-8,12H,5-6,9-11H2. The summed E-state index contributed by atoms with van der Waals surface area (Å²) in [6.45, 7) is 1.05. The van der Waals surface area contributed by atoms with Gasteiger partial charge in [-0.05, 0) is 17.7 Å². The molecule has 0 bridgehead atoms. The Hall–Kier alpha value is -2.83. The van der Waals surface area contributed by atoms with E-state index in [2.05, 4.69) is 0 Å². The molecule has 3 aliphatic heterocycles. The van der Waals surface area contributed by atoms with Crippen LogP contribution in [0.25, 0.3) is 0 Å². The van der Waals surface area contributed by atoms with Crippen molar-refractivity contribution in [3.05, 3.63) is 47.5 Å². The highest BCUT2D eigenvalue weighted by Gasteiger charge is 2.62. The number of halogens is 2. The molecule has 0 aromatic heterocycles. The number of para-hydroxylation sites is 1. The summed E-state index contributed by atoms with van der Waals surface area (Å²) < 4.78 is 44.3. The quantitative estimate of drug-likeness (QED) is 0.797. The van der Waals surface area contributed by atoms with Crippen LogP contribution in [0.4, 0.5) is 14.5 Å². The van der Waals surface area contributed by atoms with E-state index in [1.165, 1.54) is 4.90 Å². The van der Waals surface area contributed by atoms with Crippen LogP contribution in [0.1, 0.15) is 17.5 Å². The maximum Gasteiger partial charge on any atom is 0.253 e. The van der Waals surface area contributed by atoms with Crippen LogP contribution in [0.2, 0.25) is 0 Å². The molecule has 0 saturated heterocycles. The van der Waals surface area contributed by atoms with Crippen molar-refractivity contribution < 1.29 is 27.8 Å². The number of hydrogen-bond acceptors (Lipinski definition) is 4. The van der Waals surface area contributed by atoms with Gasteiger partial charge in [0, 0.05) is 36.2 Å². The van der Waals surface area contributed by atoms with Gasteiger partial charge >= 0.3 is 0 Å². The summed E-state index contributed by atoms with van der Waals surface area (Å²) in [4.78, 5) is 15.1. The van der Waals surface area contributed by atoms with Gasteiger partial charge in [-0.15, -0.1) is 0 Å². The van der Waals surface area contributed by atoms with Crippen molar-refractivity contribution in [2.24, 2.45) is 5.92 Å². The molecule has 144 valence electrons. The van der Waals surface area contributed by atoms with Crippen molar-refractivity contribution in [2.45, 2.75) is 17.8 Å². The van der Waals surface area contributed by atoms with Gasteiger partial charge in [0.2, 0.25) is 5.91 Å². The van der Waals surface area contributed by atoms with Crippen LogP contribution in [0.15, 0.2) is 36.4 Å². The van der Waals surface area contributed by atoms with E-state index in [0.29, 0.717) is 41.7 Å². The lowest BCUT2D eigenvalue weighted by atomic mass is 9.77. The fourth-order valence-electron chi connectivity index (χ4n) is 4.58. The smallest absolute Gasteiger partial charge is 0.253 e. The molecule has 2 atom stereocenters. The summed E-state index contributed by atoms with van der Waals surface area (Å²) in [6.07, 6.45) is -0.169. The summed E-state index contributed by atoms with van der Waals surface area (Å²) in [5.74, 6) is -1.94. The Labute approximate surface area is 159 Å². The molecule has 0 N–H and O–H groups in total. The number of anilines is 1. The predicted octanol–water partition coefficient (Wildman–Crippen LogP) is 3.14. The first-order valence-corrected chi connectivity index (χ1v) is 9.37. The number of amides is 1. The van der Waals surface area contributed by atoms with Crippen molar-refractivity contribution in [2.75, 3.05) is 31.3 Å². The maximum atomic E-state index is 13.6. The second kappa shape index (κ2) is 5.16. The maximum absolute atomic E-state index is 13.6. The molecule has 2 unspecified atom stereocenters. The largest absolute Gasteiger partial charge is 0.491 e.